The Morgan fingerprint density at radius 1 is 0.408 bits per heavy atom. The molecule has 5 heteroatoms. The molecule has 0 unspecified atom stereocenters. The van der Waals surface area contributed by atoms with Gasteiger partial charge in [0.05, 0.1) is 0 Å². The molecule has 0 atom stereocenters. The van der Waals surface area contributed by atoms with E-state index in [1.807, 2.05) is 11.8 Å². The summed E-state index contributed by atoms with van der Waals surface area (Å²) in [6, 6.07) is 79.6. The van der Waals surface area contributed by atoms with Crippen LogP contribution in [-0.2, 0) is 16.2 Å². The zero-order chi connectivity index (χ0) is 49.0. The molecule has 348 valence electrons. The zero-order valence-electron chi connectivity index (χ0n) is 42.5. The summed E-state index contributed by atoms with van der Waals surface area (Å²) in [4.78, 5) is 7.73. The van der Waals surface area contributed by atoms with Gasteiger partial charge in [0.25, 0.3) is 0 Å². The molecular weight excluding hydrogens is 892 g/mol. The van der Waals surface area contributed by atoms with Crippen molar-refractivity contribution in [2.45, 2.75) is 88.3 Å². The fourth-order valence-corrected chi connectivity index (χ4v) is 18.2. The average Bonchev–Trinajstić information content (AvgIpc) is 3.66. The van der Waals surface area contributed by atoms with E-state index in [2.05, 4.69) is 278 Å². The molecular formula is C66H61BN2SSi. The summed E-state index contributed by atoms with van der Waals surface area (Å²) in [6.45, 7) is 20.9. The van der Waals surface area contributed by atoms with Crippen molar-refractivity contribution in [3.8, 4) is 11.1 Å². The van der Waals surface area contributed by atoms with Crippen molar-refractivity contribution in [3.05, 3.63) is 223 Å². The smallest absolute Gasteiger partial charge is 0.249 e. The first-order valence-electron chi connectivity index (χ1n) is 25.4. The van der Waals surface area contributed by atoms with Gasteiger partial charge in [-0.3, -0.25) is 0 Å². The van der Waals surface area contributed by atoms with Crippen molar-refractivity contribution in [1.82, 2.24) is 0 Å². The predicted molar refractivity (Wildman–Crippen MR) is 310 cm³/mol. The molecule has 12 rings (SSSR count). The van der Waals surface area contributed by atoms with Gasteiger partial charge in [0.1, 0.15) is 0 Å². The topological polar surface area (TPSA) is 6.48 Å². The van der Waals surface area contributed by atoms with Crippen molar-refractivity contribution in [3.63, 3.8) is 0 Å². The molecule has 9 aromatic rings. The summed E-state index contributed by atoms with van der Waals surface area (Å²) >= 11 is 1.94. The number of para-hydroxylation sites is 1. The Hall–Kier alpha value is -6.79. The van der Waals surface area contributed by atoms with Gasteiger partial charge in [-0.1, -0.05) is 225 Å². The van der Waals surface area contributed by atoms with Gasteiger partial charge >= 0.3 is 0 Å². The minimum Gasteiger partial charge on any atom is -0.311 e. The predicted octanol–water partition coefficient (Wildman–Crippen LogP) is 13.2. The van der Waals surface area contributed by atoms with Crippen LogP contribution < -0.4 is 46.9 Å². The van der Waals surface area contributed by atoms with Gasteiger partial charge in [-0.15, -0.1) is 0 Å². The second-order valence-corrected chi connectivity index (χ2v) is 27.8. The lowest BCUT2D eigenvalue weighted by atomic mass is 9.34. The number of fused-ring (bicyclic) bond motifs is 7. The van der Waals surface area contributed by atoms with Crippen LogP contribution in [0.5, 0.6) is 0 Å². The van der Waals surface area contributed by atoms with Gasteiger partial charge in [-0.25, -0.2) is 0 Å². The van der Waals surface area contributed by atoms with E-state index in [1.54, 1.807) is 0 Å². The molecule has 2 nitrogen and oxygen atoms in total. The summed E-state index contributed by atoms with van der Waals surface area (Å²) in [6.07, 6.45) is 0. The lowest BCUT2D eigenvalue weighted by Crippen LogP contribution is -2.73. The van der Waals surface area contributed by atoms with E-state index >= 15 is 0 Å². The number of hydrogen-bond donors (Lipinski definition) is 0. The minimum atomic E-state index is -2.85. The molecule has 9 aromatic carbocycles. The Bertz CT molecular complexity index is 3460. The van der Waals surface area contributed by atoms with Crippen LogP contribution in [0.25, 0.3) is 11.1 Å². The first-order chi connectivity index (χ1) is 34.1. The van der Waals surface area contributed by atoms with Crippen LogP contribution in [0.2, 0.25) is 0 Å². The molecule has 0 spiro atoms. The molecule has 71 heavy (non-hydrogen) atoms. The third-order valence-electron chi connectivity index (χ3n) is 15.5. The third kappa shape index (κ3) is 7.37. The number of anilines is 6. The first kappa shape index (κ1) is 45.4. The number of hydrogen-bond acceptors (Lipinski definition) is 3. The van der Waals surface area contributed by atoms with Gasteiger partial charge in [0.2, 0.25) is 6.71 Å². The molecule has 3 aliphatic rings. The number of rotatable bonds is 6. The first-order valence-corrected chi connectivity index (χ1v) is 28.2. The van der Waals surface area contributed by atoms with E-state index < -0.39 is 8.07 Å². The molecule has 0 saturated carbocycles. The molecule has 0 bridgehead atoms. The van der Waals surface area contributed by atoms with E-state index in [4.69, 9.17) is 0 Å². The summed E-state index contributed by atoms with van der Waals surface area (Å²) < 4.78 is 0. The van der Waals surface area contributed by atoms with Crippen LogP contribution in [0.1, 0.15) is 79.0 Å². The van der Waals surface area contributed by atoms with Crippen LogP contribution in [0.4, 0.5) is 34.1 Å². The van der Waals surface area contributed by atoms with Crippen molar-refractivity contribution >= 4 is 97.8 Å². The van der Waals surface area contributed by atoms with E-state index in [1.165, 1.54) is 91.8 Å². The van der Waals surface area contributed by atoms with Crippen molar-refractivity contribution in [2.24, 2.45) is 0 Å². The number of benzene rings is 9. The second-order valence-electron chi connectivity index (χ2n) is 23.0. The van der Waals surface area contributed by atoms with Crippen molar-refractivity contribution in [2.75, 3.05) is 9.80 Å². The van der Waals surface area contributed by atoms with Crippen LogP contribution >= 0.6 is 11.8 Å². The van der Waals surface area contributed by atoms with Crippen LogP contribution in [-0.4, -0.2) is 14.8 Å². The van der Waals surface area contributed by atoms with Gasteiger partial charge in [-0.05, 0) is 136 Å². The van der Waals surface area contributed by atoms with Crippen LogP contribution in [0.3, 0.4) is 0 Å². The van der Waals surface area contributed by atoms with E-state index in [-0.39, 0.29) is 23.0 Å². The van der Waals surface area contributed by atoms with E-state index in [9.17, 15) is 0 Å². The largest absolute Gasteiger partial charge is 0.311 e. The Morgan fingerprint density at radius 2 is 0.944 bits per heavy atom. The van der Waals surface area contributed by atoms with Gasteiger partial charge in [-0.2, -0.15) is 0 Å². The molecule has 3 heterocycles. The second kappa shape index (κ2) is 16.7. The van der Waals surface area contributed by atoms with Crippen molar-refractivity contribution < 1.29 is 0 Å². The standard InChI is InChI=1S/C66H61BN2SSi/c1-64(2,3)44-29-34-48(35-30-44)68(47-21-13-10-14-22-47)50-40-58-63-60(41-50)70-59-38-33-46(66(7,8)9)39-56(59)67(63)55-42-54-53-27-19-20-28-61(53)71(51-23-15-11-16-24-51,52-25-17-12-18-26-52)62(54)43-57(55)69(58)49-36-31-45(32-37-49)65(4,5)6/h10-43H,1-9H3. The molecule has 0 aromatic heterocycles. The fraction of sp³-hybridized carbons (Fsp3) is 0.182. The monoisotopic (exact) mass is 952 g/mol. The summed E-state index contributed by atoms with van der Waals surface area (Å²) in [5.41, 5.74) is 17.9. The highest BCUT2D eigenvalue weighted by Crippen LogP contribution is 2.48. The van der Waals surface area contributed by atoms with Gasteiger partial charge < -0.3 is 9.80 Å². The SMILES string of the molecule is CC(C)(C)c1ccc(N(c2ccccc2)c2cc3c4c(c2)N(c2ccc(C(C)(C)C)cc2)c2cc5c(cc2B4c2cc(C(C)(C)C)ccc2S3)-c2ccccc2[Si]5(c2ccccc2)c2ccccc2)cc1. The fourth-order valence-electron chi connectivity index (χ4n) is 11.8. The van der Waals surface area contributed by atoms with E-state index in [0.29, 0.717) is 0 Å². The molecule has 0 radical (unpaired) electrons. The minimum absolute atomic E-state index is 0.00604. The Labute approximate surface area is 427 Å². The van der Waals surface area contributed by atoms with Crippen molar-refractivity contribution in [1.29, 1.82) is 0 Å². The third-order valence-corrected chi connectivity index (χ3v) is 21.5. The average molecular weight is 953 g/mol. The lowest BCUT2D eigenvalue weighted by Gasteiger charge is -2.42. The number of nitrogens with zero attached hydrogens (tertiary/aromatic N) is 2. The molecule has 0 saturated heterocycles. The maximum atomic E-state index is 2.67. The molecule has 0 amide bonds. The lowest BCUT2D eigenvalue weighted by molar-refractivity contribution is 0.590. The highest BCUT2D eigenvalue weighted by atomic mass is 32.2. The van der Waals surface area contributed by atoms with Crippen LogP contribution in [0.15, 0.2) is 216 Å². The maximum Gasteiger partial charge on any atom is 0.249 e. The Morgan fingerprint density at radius 3 is 1.55 bits per heavy atom. The van der Waals surface area contributed by atoms with Gasteiger partial charge in [0.15, 0.2) is 8.07 Å². The molecule has 0 aliphatic carbocycles. The summed E-state index contributed by atoms with van der Waals surface area (Å²) in [5, 5.41) is 5.72. The van der Waals surface area contributed by atoms with Gasteiger partial charge in [0, 0.05) is 43.9 Å². The zero-order valence-corrected chi connectivity index (χ0v) is 44.3. The normalized spacial score (nSPS) is 14.3. The molecule has 0 N–H and O–H groups in total. The Kier molecular flexibility index (Phi) is 10.6. The van der Waals surface area contributed by atoms with Crippen LogP contribution in [0, 0.1) is 0 Å². The highest BCUT2D eigenvalue weighted by molar-refractivity contribution is 8.00. The summed E-state index contributed by atoms with van der Waals surface area (Å²) in [7, 11) is -2.85. The quantitative estimate of drug-likeness (QED) is 0.153. The summed E-state index contributed by atoms with van der Waals surface area (Å²) in [5.74, 6) is 0. The maximum absolute atomic E-state index is 2.85. The Balaban J connectivity index is 1.20. The van der Waals surface area contributed by atoms with E-state index in [0.717, 1.165) is 17.1 Å². The molecule has 3 aliphatic heterocycles. The highest BCUT2D eigenvalue weighted by Gasteiger charge is 2.51. The molecule has 0 fully saturated rings.